The highest BCUT2D eigenvalue weighted by molar-refractivity contribution is 5.84. The van der Waals surface area contributed by atoms with Gasteiger partial charge in [-0.2, -0.15) is 4.73 Å². The average molecular weight is 265 g/mol. The summed E-state index contributed by atoms with van der Waals surface area (Å²) in [6.07, 6.45) is 10.5. The fourth-order valence-corrected chi connectivity index (χ4v) is 2.53. The lowest BCUT2D eigenvalue weighted by Gasteiger charge is -2.19. The molecule has 20 heavy (non-hydrogen) atoms. The third kappa shape index (κ3) is 1.48. The number of nitrogens with one attached hydrogen (secondary N) is 1. The number of aromatic nitrogens is 4. The summed E-state index contributed by atoms with van der Waals surface area (Å²) in [5.41, 5.74) is 3.03. The molecule has 0 aromatic carbocycles. The minimum atomic E-state index is 0.592. The van der Waals surface area contributed by atoms with E-state index in [1.54, 1.807) is 18.6 Å². The van der Waals surface area contributed by atoms with Crippen LogP contribution in [0.1, 0.15) is 11.3 Å². The number of fused-ring (bicyclic) bond motifs is 3. The molecule has 0 saturated heterocycles. The van der Waals surface area contributed by atoms with Gasteiger partial charge in [0, 0.05) is 36.9 Å². The first-order valence-corrected chi connectivity index (χ1v) is 6.28. The van der Waals surface area contributed by atoms with Gasteiger partial charge in [-0.05, 0) is 6.07 Å². The molecule has 98 valence electrons. The Balaban J connectivity index is 2.01. The largest absolute Gasteiger partial charge is 0.618 e. The molecule has 3 aromatic rings. The molecule has 3 aromatic heterocycles. The Bertz CT molecular complexity index is 822. The van der Waals surface area contributed by atoms with Crippen LogP contribution in [0.15, 0.2) is 49.2 Å². The van der Waals surface area contributed by atoms with Crippen molar-refractivity contribution in [2.45, 2.75) is 0 Å². The van der Waals surface area contributed by atoms with Crippen LogP contribution >= 0.6 is 0 Å². The highest BCUT2D eigenvalue weighted by atomic mass is 16.5. The van der Waals surface area contributed by atoms with Crippen molar-refractivity contribution in [2.24, 2.45) is 0 Å². The Morgan fingerprint density at radius 2 is 2.30 bits per heavy atom. The van der Waals surface area contributed by atoms with Gasteiger partial charge in [-0.25, -0.2) is 4.98 Å². The Labute approximate surface area is 114 Å². The zero-order chi connectivity index (χ0) is 13.5. The molecule has 0 amide bonds. The summed E-state index contributed by atoms with van der Waals surface area (Å²) < 4.78 is 2.75. The predicted molar refractivity (Wildman–Crippen MR) is 74.0 cm³/mol. The van der Waals surface area contributed by atoms with Crippen molar-refractivity contribution in [2.75, 3.05) is 11.9 Å². The first kappa shape index (κ1) is 11.0. The molecule has 0 saturated carbocycles. The smallest absolute Gasteiger partial charge is 0.265 e. The number of imidazole rings is 1. The summed E-state index contributed by atoms with van der Waals surface area (Å²) in [6.45, 7) is 0.661. The molecule has 0 atom stereocenters. The van der Waals surface area contributed by atoms with Gasteiger partial charge in [0.15, 0.2) is 5.82 Å². The molecule has 0 spiro atoms. The highest BCUT2D eigenvalue weighted by Gasteiger charge is 2.26. The number of hydrogen-bond acceptors (Lipinski definition) is 4. The topological polar surface area (TPSA) is 69.2 Å². The van der Waals surface area contributed by atoms with Gasteiger partial charge in [-0.3, -0.25) is 9.38 Å². The lowest BCUT2D eigenvalue weighted by Crippen LogP contribution is -2.35. The molecule has 0 fully saturated rings. The Morgan fingerprint density at radius 1 is 1.35 bits per heavy atom. The zero-order valence-corrected chi connectivity index (χ0v) is 10.5. The van der Waals surface area contributed by atoms with E-state index in [1.165, 1.54) is 6.20 Å². The first-order valence-electron chi connectivity index (χ1n) is 6.28. The summed E-state index contributed by atoms with van der Waals surface area (Å²) in [7, 11) is 0. The molecular weight excluding hydrogens is 254 g/mol. The second kappa shape index (κ2) is 4.06. The molecule has 0 radical (unpaired) electrons. The van der Waals surface area contributed by atoms with E-state index in [1.807, 2.05) is 28.8 Å². The van der Waals surface area contributed by atoms with E-state index in [0.717, 1.165) is 21.7 Å². The van der Waals surface area contributed by atoms with Gasteiger partial charge in [-0.15, -0.1) is 0 Å². The maximum absolute atomic E-state index is 12.3. The quantitative estimate of drug-likeness (QED) is 0.530. The van der Waals surface area contributed by atoms with Gasteiger partial charge in [0.05, 0.1) is 5.57 Å². The Kier molecular flexibility index (Phi) is 2.23. The van der Waals surface area contributed by atoms with Gasteiger partial charge in [0.1, 0.15) is 0 Å². The second-order valence-electron chi connectivity index (χ2n) is 4.55. The van der Waals surface area contributed by atoms with E-state index in [-0.39, 0.29) is 0 Å². The number of nitrogens with zero attached hydrogens (tertiary/aromatic N) is 4. The molecule has 1 aliphatic rings. The summed E-state index contributed by atoms with van der Waals surface area (Å²) in [4.78, 5) is 8.28. The third-order valence-electron chi connectivity index (χ3n) is 3.39. The van der Waals surface area contributed by atoms with Crippen molar-refractivity contribution in [3.63, 3.8) is 0 Å². The maximum atomic E-state index is 12.3. The van der Waals surface area contributed by atoms with Gasteiger partial charge in [0.25, 0.3) is 5.69 Å². The lowest BCUT2D eigenvalue weighted by atomic mass is 10.0. The SMILES string of the molecule is [O-][n+]1cc2nccn2c2c1C(c1cccnc1)=CCN2. The minimum absolute atomic E-state index is 0.592. The van der Waals surface area contributed by atoms with Gasteiger partial charge in [0.2, 0.25) is 11.8 Å². The number of rotatable bonds is 1. The van der Waals surface area contributed by atoms with E-state index in [2.05, 4.69) is 15.3 Å². The van der Waals surface area contributed by atoms with E-state index in [4.69, 9.17) is 0 Å². The van der Waals surface area contributed by atoms with E-state index >= 15 is 0 Å². The fraction of sp³-hybridized carbons (Fsp3) is 0.0714. The summed E-state index contributed by atoms with van der Waals surface area (Å²) in [6, 6.07) is 3.81. The molecule has 6 heteroatoms. The molecule has 0 unspecified atom stereocenters. The van der Waals surface area contributed by atoms with Crippen molar-refractivity contribution in [1.82, 2.24) is 14.4 Å². The monoisotopic (exact) mass is 265 g/mol. The average Bonchev–Trinajstić information content (AvgIpc) is 2.96. The summed E-state index contributed by atoms with van der Waals surface area (Å²) >= 11 is 0. The van der Waals surface area contributed by atoms with Crippen molar-refractivity contribution >= 4 is 17.0 Å². The highest BCUT2D eigenvalue weighted by Crippen LogP contribution is 2.29. The van der Waals surface area contributed by atoms with E-state index in [9.17, 15) is 5.21 Å². The first-order chi connectivity index (χ1) is 9.84. The molecule has 4 rings (SSSR count). The van der Waals surface area contributed by atoms with Crippen LogP contribution in [0.3, 0.4) is 0 Å². The molecule has 6 nitrogen and oxygen atoms in total. The van der Waals surface area contributed by atoms with Crippen molar-refractivity contribution < 1.29 is 4.73 Å². The van der Waals surface area contributed by atoms with Crippen LogP contribution in [-0.2, 0) is 0 Å². The van der Waals surface area contributed by atoms with Crippen LogP contribution in [0.5, 0.6) is 0 Å². The van der Waals surface area contributed by atoms with E-state index in [0.29, 0.717) is 17.9 Å². The molecule has 4 heterocycles. The molecule has 1 aliphatic heterocycles. The Hall–Kier alpha value is -2.89. The molecule has 1 N–H and O–H groups in total. The van der Waals surface area contributed by atoms with Crippen LogP contribution in [-0.4, -0.2) is 20.9 Å². The number of pyridine rings is 1. The van der Waals surface area contributed by atoms with Crippen molar-refractivity contribution in [1.29, 1.82) is 0 Å². The standard InChI is InChI=1S/C14H11N5O/c20-19-9-12-16-6-7-18(12)14-13(19)11(3-5-17-14)10-2-1-4-15-8-10/h1-4,6-9,17H,5H2. The van der Waals surface area contributed by atoms with Crippen LogP contribution < -0.4 is 10.0 Å². The summed E-state index contributed by atoms with van der Waals surface area (Å²) in [5, 5.41) is 15.6. The van der Waals surface area contributed by atoms with Gasteiger partial charge >= 0.3 is 0 Å². The normalized spacial score (nSPS) is 13.7. The lowest BCUT2D eigenvalue weighted by molar-refractivity contribution is -0.606. The Morgan fingerprint density at radius 3 is 3.15 bits per heavy atom. The second-order valence-corrected chi connectivity index (χ2v) is 4.55. The van der Waals surface area contributed by atoms with Crippen LogP contribution in [0.2, 0.25) is 0 Å². The number of anilines is 1. The third-order valence-corrected chi connectivity index (χ3v) is 3.39. The van der Waals surface area contributed by atoms with Crippen molar-refractivity contribution in [3.05, 3.63) is 65.7 Å². The van der Waals surface area contributed by atoms with Crippen LogP contribution in [0.25, 0.3) is 11.2 Å². The molecule has 0 bridgehead atoms. The van der Waals surface area contributed by atoms with Crippen molar-refractivity contribution in [3.8, 4) is 0 Å². The van der Waals surface area contributed by atoms with Gasteiger partial charge < -0.3 is 10.5 Å². The van der Waals surface area contributed by atoms with E-state index < -0.39 is 0 Å². The maximum Gasteiger partial charge on any atom is 0.265 e. The summed E-state index contributed by atoms with van der Waals surface area (Å²) in [5.74, 6) is 0.761. The fourth-order valence-electron chi connectivity index (χ4n) is 2.53. The molecule has 0 aliphatic carbocycles. The number of hydrogen-bond donors (Lipinski definition) is 1. The predicted octanol–water partition coefficient (Wildman–Crippen LogP) is 1.22. The zero-order valence-electron chi connectivity index (χ0n) is 10.5. The van der Waals surface area contributed by atoms with Crippen LogP contribution in [0.4, 0.5) is 5.82 Å². The van der Waals surface area contributed by atoms with Crippen LogP contribution in [0, 0.1) is 5.21 Å². The molecular formula is C14H11N5O. The van der Waals surface area contributed by atoms with Gasteiger partial charge in [-0.1, -0.05) is 12.1 Å². The minimum Gasteiger partial charge on any atom is -0.618 e.